The molecule has 0 atom stereocenters. The maximum absolute atomic E-state index is 8.70. The molecule has 0 radical (unpaired) electrons. The van der Waals surface area contributed by atoms with Crippen LogP contribution in [-0.4, -0.2) is 35.6 Å². The molecule has 1 aromatic heterocycles. The Kier molecular flexibility index (Phi) is 5.13. The zero-order chi connectivity index (χ0) is 12.6. The third kappa shape index (κ3) is 4.82. The third-order valence-corrected chi connectivity index (χ3v) is 3.11. The zero-order valence-electron chi connectivity index (χ0n) is 10.7. The summed E-state index contributed by atoms with van der Waals surface area (Å²) in [5.74, 6) is 0. The summed E-state index contributed by atoms with van der Waals surface area (Å²) in [6.45, 7) is 3.71. The normalized spacial score (nSPS) is 14.7. The highest BCUT2D eigenvalue weighted by molar-refractivity contribution is 5.08. The van der Waals surface area contributed by atoms with E-state index in [1.165, 1.54) is 18.4 Å². The first-order valence-corrected chi connectivity index (χ1v) is 6.60. The number of pyridine rings is 1. The van der Waals surface area contributed by atoms with Gasteiger partial charge in [-0.3, -0.25) is 9.88 Å². The van der Waals surface area contributed by atoms with Crippen LogP contribution in [0.1, 0.15) is 24.8 Å². The number of nitrogens with one attached hydrogen (secondary N) is 1. The van der Waals surface area contributed by atoms with Crippen molar-refractivity contribution in [3.05, 3.63) is 30.1 Å². The highest BCUT2D eigenvalue weighted by Crippen LogP contribution is 2.18. The molecule has 0 bridgehead atoms. The van der Waals surface area contributed by atoms with Gasteiger partial charge in [0.1, 0.15) is 0 Å². The lowest BCUT2D eigenvalue weighted by molar-refractivity contribution is 0.270. The smallest absolute Gasteiger partial charge is 0.0635 e. The summed E-state index contributed by atoms with van der Waals surface area (Å²) in [6.07, 6.45) is 6.91. The Hall–Kier alpha value is -1.44. The molecule has 0 aliphatic heterocycles. The maximum Gasteiger partial charge on any atom is 0.0635 e. The second-order valence-corrected chi connectivity index (χ2v) is 4.77. The van der Waals surface area contributed by atoms with Gasteiger partial charge in [-0.25, -0.2) is 0 Å². The van der Waals surface area contributed by atoms with Gasteiger partial charge < -0.3 is 5.32 Å². The second kappa shape index (κ2) is 7.10. The van der Waals surface area contributed by atoms with E-state index < -0.39 is 0 Å². The van der Waals surface area contributed by atoms with Gasteiger partial charge in [0, 0.05) is 51.0 Å². The SMILES string of the molecule is N#CCCN(CCNC1CC1)Cc1cccnc1. The highest BCUT2D eigenvalue weighted by Gasteiger charge is 2.20. The summed E-state index contributed by atoms with van der Waals surface area (Å²) in [6, 6.07) is 7.01. The van der Waals surface area contributed by atoms with Gasteiger partial charge in [0.15, 0.2) is 0 Å². The number of hydrogen-bond acceptors (Lipinski definition) is 4. The van der Waals surface area contributed by atoms with Crippen molar-refractivity contribution in [2.75, 3.05) is 19.6 Å². The Balaban J connectivity index is 1.77. The van der Waals surface area contributed by atoms with Crippen LogP contribution in [0.25, 0.3) is 0 Å². The molecule has 96 valence electrons. The molecular formula is C14H20N4. The number of rotatable bonds is 8. The van der Waals surface area contributed by atoms with Crippen LogP contribution < -0.4 is 5.32 Å². The van der Waals surface area contributed by atoms with Crippen molar-refractivity contribution in [1.29, 1.82) is 5.26 Å². The first kappa shape index (κ1) is 13.0. The first-order chi connectivity index (χ1) is 8.88. The van der Waals surface area contributed by atoms with Crippen LogP contribution in [0.2, 0.25) is 0 Å². The van der Waals surface area contributed by atoms with Crippen molar-refractivity contribution in [1.82, 2.24) is 15.2 Å². The summed E-state index contributed by atoms with van der Waals surface area (Å²) < 4.78 is 0. The van der Waals surface area contributed by atoms with Crippen molar-refractivity contribution in [2.24, 2.45) is 0 Å². The van der Waals surface area contributed by atoms with Crippen LogP contribution >= 0.6 is 0 Å². The first-order valence-electron chi connectivity index (χ1n) is 6.60. The molecule has 0 amide bonds. The van der Waals surface area contributed by atoms with Crippen LogP contribution in [0.3, 0.4) is 0 Å². The molecular weight excluding hydrogens is 224 g/mol. The Morgan fingerprint density at radius 1 is 1.44 bits per heavy atom. The minimum Gasteiger partial charge on any atom is -0.313 e. The number of nitriles is 1. The van der Waals surface area contributed by atoms with E-state index in [2.05, 4.69) is 27.3 Å². The minimum atomic E-state index is 0.587. The van der Waals surface area contributed by atoms with E-state index in [1.54, 1.807) is 6.20 Å². The van der Waals surface area contributed by atoms with Gasteiger partial charge in [-0.05, 0) is 24.5 Å². The van der Waals surface area contributed by atoms with Crippen LogP contribution in [-0.2, 0) is 6.54 Å². The van der Waals surface area contributed by atoms with E-state index in [1.807, 2.05) is 12.3 Å². The highest BCUT2D eigenvalue weighted by atomic mass is 15.1. The summed E-state index contributed by atoms with van der Waals surface area (Å²) in [5, 5.41) is 12.2. The molecule has 0 saturated heterocycles. The molecule has 4 heteroatoms. The quantitative estimate of drug-likeness (QED) is 0.754. The predicted molar refractivity (Wildman–Crippen MR) is 70.8 cm³/mol. The van der Waals surface area contributed by atoms with Crippen LogP contribution in [0.4, 0.5) is 0 Å². The Bertz CT molecular complexity index is 381. The summed E-state index contributed by atoms with van der Waals surface area (Å²) in [5.41, 5.74) is 1.21. The van der Waals surface area contributed by atoms with Crippen molar-refractivity contribution < 1.29 is 0 Å². The average Bonchev–Trinajstić information content (AvgIpc) is 3.21. The van der Waals surface area contributed by atoms with Crippen LogP contribution in [0.15, 0.2) is 24.5 Å². The molecule has 18 heavy (non-hydrogen) atoms. The molecule has 1 N–H and O–H groups in total. The van der Waals surface area contributed by atoms with E-state index in [-0.39, 0.29) is 0 Å². The largest absolute Gasteiger partial charge is 0.313 e. The predicted octanol–water partition coefficient (Wildman–Crippen LogP) is 1.55. The molecule has 0 aromatic carbocycles. The number of nitrogens with zero attached hydrogens (tertiary/aromatic N) is 3. The molecule has 4 nitrogen and oxygen atoms in total. The minimum absolute atomic E-state index is 0.587. The molecule has 0 spiro atoms. The van der Waals surface area contributed by atoms with Crippen molar-refractivity contribution >= 4 is 0 Å². The topological polar surface area (TPSA) is 52.0 Å². The van der Waals surface area contributed by atoms with Gasteiger partial charge in [0.2, 0.25) is 0 Å². The fourth-order valence-electron chi connectivity index (χ4n) is 1.94. The fraction of sp³-hybridized carbons (Fsp3) is 0.571. The number of aromatic nitrogens is 1. The molecule has 2 rings (SSSR count). The summed E-state index contributed by atoms with van der Waals surface area (Å²) >= 11 is 0. The second-order valence-electron chi connectivity index (χ2n) is 4.77. The molecule has 1 aromatic rings. The van der Waals surface area contributed by atoms with E-state index in [9.17, 15) is 0 Å². The van der Waals surface area contributed by atoms with E-state index in [0.717, 1.165) is 32.2 Å². The molecule has 1 saturated carbocycles. The Morgan fingerprint density at radius 3 is 3.00 bits per heavy atom. The van der Waals surface area contributed by atoms with Gasteiger partial charge in [-0.15, -0.1) is 0 Å². The zero-order valence-corrected chi connectivity index (χ0v) is 10.7. The lowest BCUT2D eigenvalue weighted by Gasteiger charge is -2.21. The van der Waals surface area contributed by atoms with Crippen molar-refractivity contribution in [3.63, 3.8) is 0 Å². The molecule has 1 heterocycles. The van der Waals surface area contributed by atoms with Gasteiger partial charge in [0.25, 0.3) is 0 Å². The van der Waals surface area contributed by atoms with E-state index in [4.69, 9.17) is 5.26 Å². The van der Waals surface area contributed by atoms with Crippen LogP contribution in [0.5, 0.6) is 0 Å². The molecule has 1 aliphatic carbocycles. The molecule has 0 unspecified atom stereocenters. The lowest BCUT2D eigenvalue weighted by Crippen LogP contribution is -2.33. The molecule has 1 fully saturated rings. The summed E-state index contributed by atoms with van der Waals surface area (Å²) in [4.78, 5) is 6.44. The van der Waals surface area contributed by atoms with Gasteiger partial charge in [-0.1, -0.05) is 6.07 Å². The van der Waals surface area contributed by atoms with Crippen LogP contribution in [0, 0.1) is 11.3 Å². The van der Waals surface area contributed by atoms with Crippen molar-refractivity contribution in [3.8, 4) is 6.07 Å². The Morgan fingerprint density at radius 2 is 2.33 bits per heavy atom. The monoisotopic (exact) mass is 244 g/mol. The Labute approximate surface area is 109 Å². The maximum atomic E-state index is 8.70. The summed E-state index contributed by atoms with van der Waals surface area (Å²) in [7, 11) is 0. The fourth-order valence-corrected chi connectivity index (χ4v) is 1.94. The third-order valence-electron chi connectivity index (χ3n) is 3.11. The lowest BCUT2D eigenvalue weighted by atomic mass is 10.2. The van der Waals surface area contributed by atoms with Gasteiger partial charge in [0.05, 0.1) is 6.07 Å². The number of hydrogen-bond donors (Lipinski definition) is 1. The van der Waals surface area contributed by atoms with E-state index in [0.29, 0.717) is 6.42 Å². The van der Waals surface area contributed by atoms with E-state index >= 15 is 0 Å². The van der Waals surface area contributed by atoms with Gasteiger partial charge in [-0.2, -0.15) is 5.26 Å². The molecule has 1 aliphatic rings. The standard InChI is InChI=1S/C14H20N4/c15-6-2-9-18(10-8-17-14-4-5-14)12-13-3-1-7-16-11-13/h1,3,7,11,14,17H,2,4-5,8-10,12H2. The average molecular weight is 244 g/mol. The van der Waals surface area contributed by atoms with Gasteiger partial charge >= 0.3 is 0 Å². The van der Waals surface area contributed by atoms with Crippen molar-refractivity contribution in [2.45, 2.75) is 31.8 Å².